The topological polar surface area (TPSA) is 23.4 Å². The lowest BCUT2D eigenvalue weighted by molar-refractivity contribution is 0.436. The highest BCUT2D eigenvalue weighted by Gasteiger charge is 2.41. The van der Waals surface area contributed by atoms with E-state index in [1.54, 1.807) is 0 Å². The van der Waals surface area contributed by atoms with Crippen LogP contribution in [0.1, 0.15) is 0 Å². The van der Waals surface area contributed by atoms with Crippen molar-refractivity contribution in [1.82, 2.24) is 4.57 Å². The van der Waals surface area contributed by atoms with Gasteiger partial charge in [0.2, 0.25) is 0 Å². The van der Waals surface area contributed by atoms with Crippen LogP contribution in [0.4, 0.5) is 0 Å². The second kappa shape index (κ2) is 9.75. The molecule has 0 fully saturated rings. The first-order valence-corrected chi connectivity index (χ1v) is 15.7. The Kier molecular flexibility index (Phi) is 5.37. The zero-order valence-corrected chi connectivity index (χ0v) is 24.9. The lowest BCUT2D eigenvalue weighted by Gasteiger charge is -2.32. The van der Waals surface area contributed by atoms with Gasteiger partial charge in [0.25, 0.3) is 0 Å². The van der Waals surface area contributed by atoms with Crippen molar-refractivity contribution in [3.63, 3.8) is 0 Å². The quantitative estimate of drug-likeness (QED) is 0.192. The molecule has 0 saturated carbocycles. The molecule has 2 aliphatic rings. The Morgan fingerprint density at radius 1 is 0.391 bits per heavy atom. The van der Waals surface area contributed by atoms with Crippen LogP contribution in [0.15, 0.2) is 158 Å². The average Bonchev–Trinajstić information content (AvgIpc) is 3.45. The first-order valence-electron chi connectivity index (χ1n) is 15.7. The Balaban J connectivity index is 1.29. The summed E-state index contributed by atoms with van der Waals surface area (Å²) in [5, 5.41) is 2.46. The van der Waals surface area contributed by atoms with Gasteiger partial charge in [-0.25, -0.2) is 0 Å². The fraction of sp³-hybridized carbons (Fsp3) is 0. The molecule has 10 rings (SSSR count). The van der Waals surface area contributed by atoms with E-state index in [-0.39, 0.29) is 0 Å². The number of rotatable bonds is 3. The van der Waals surface area contributed by atoms with Gasteiger partial charge in [0.15, 0.2) is 0 Å². The molecule has 0 N–H and O–H groups in total. The Bertz CT molecular complexity index is 2320. The van der Waals surface area contributed by atoms with E-state index in [1.165, 1.54) is 44.1 Å². The molecule has 0 atom stereocenters. The van der Waals surface area contributed by atoms with Crippen molar-refractivity contribution in [2.45, 2.75) is 0 Å². The van der Waals surface area contributed by atoms with Crippen molar-refractivity contribution in [2.24, 2.45) is 0 Å². The Labute approximate surface area is 267 Å². The summed E-state index contributed by atoms with van der Waals surface area (Å²) >= 11 is 0. The highest BCUT2D eigenvalue weighted by molar-refractivity contribution is 6.68. The fourth-order valence-corrected chi connectivity index (χ4v) is 7.34. The Hall–Kier alpha value is -6.00. The summed E-state index contributed by atoms with van der Waals surface area (Å²) in [7, 11) is -0.496. The predicted octanol–water partition coefficient (Wildman–Crippen LogP) is 9.93. The molecule has 0 bridgehead atoms. The summed E-state index contributed by atoms with van der Waals surface area (Å²) in [6, 6.07) is 56.2. The predicted molar refractivity (Wildman–Crippen MR) is 189 cm³/mol. The normalized spacial score (nSPS) is 12.7. The van der Waals surface area contributed by atoms with Crippen LogP contribution in [0.3, 0.4) is 0 Å². The molecule has 0 aliphatic carbocycles. The third kappa shape index (κ3) is 3.74. The van der Waals surface area contributed by atoms with Gasteiger partial charge in [0.1, 0.15) is 11.5 Å². The number of benzene rings is 7. The van der Waals surface area contributed by atoms with Gasteiger partial charge >= 0.3 is 7.12 Å². The van der Waals surface area contributed by atoms with Gasteiger partial charge in [0.05, 0.1) is 11.0 Å². The molecule has 8 aromatic rings. The molecule has 46 heavy (non-hydrogen) atoms. The number of hydrogen-bond acceptors (Lipinski definition) is 2. The maximum Gasteiger partial charge on any atom is 0.633 e. The van der Waals surface area contributed by atoms with E-state index < -0.39 is 7.12 Å². The maximum atomic E-state index is 6.45. The Morgan fingerprint density at radius 2 is 0.848 bits per heavy atom. The lowest BCUT2D eigenvalue weighted by Crippen LogP contribution is -2.49. The van der Waals surface area contributed by atoms with E-state index in [0.29, 0.717) is 0 Å². The molecule has 0 unspecified atom stereocenters. The first-order chi connectivity index (χ1) is 22.8. The zero-order chi connectivity index (χ0) is 30.2. The van der Waals surface area contributed by atoms with Gasteiger partial charge in [-0.2, -0.15) is 0 Å². The van der Waals surface area contributed by atoms with E-state index in [1.807, 2.05) is 24.3 Å². The minimum atomic E-state index is -0.496. The van der Waals surface area contributed by atoms with Crippen LogP contribution in [0.5, 0.6) is 11.5 Å². The monoisotopic (exact) mass is 587 g/mol. The summed E-state index contributed by atoms with van der Waals surface area (Å²) in [4.78, 5) is 0. The molecule has 7 aromatic carbocycles. The van der Waals surface area contributed by atoms with Gasteiger partial charge in [-0.15, -0.1) is 0 Å². The number of nitrogens with zero attached hydrogens (tertiary/aromatic N) is 1. The Morgan fingerprint density at radius 3 is 1.35 bits per heavy atom. The summed E-state index contributed by atoms with van der Waals surface area (Å²) in [6.07, 6.45) is 0. The SMILES string of the molecule is c1ccc(-c2ccc3c(c2)c2cc(-c4ccccc4)ccc2n3-c2cc3c4c(c2)-c2ccccc2OB4Oc2ccccc2-3)cc1. The summed E-state index contributed by atoms with van der Waals surface area (Å²) in [5.41, 5.74) is 13.8. The summed E-state index contributed by atoms with van der Waals surface area (Å²) in [5.74, 6) is 1.68. The van der Waals surface area contributed by atoms with Crippen LogP contribution in [0.25, 0.3) is 72.0 Å². The number of fused-ring (bicyclic) bond motifs is 7. The van der Waals surface area contributed by atoms with Crippen molar-refractivity contribution in [3.05, 3.63) is 158 Å². The number of hydrogen-bond donors (Lipinski definition) is 0. The molecule has 0 saturated heterocycles. The molecule has 214 valence electrons. The molecule has 3 nitrogen and oxygen atoms in total. The van der Waals surface area contributed by atoms with Gasteiger partial charge in [-0.3, -0.25) is 0 Å². The number of para-hydroxylation sites is 2. The molecule has 1 aromatic heterocycles. The van der Waals surface area contributed by atoms with E-state index in [2.05, 4.69) is 138 Å². The van der Waals surface area contributed by atoms with Crippen molar-refractivity contribution in [2.75, 3.05) is 0 Å². The van der Waals surface area contributed by atoms with Gasteiger partial charge in [0, 0.05) is 33.0 Å². The molecular weight excluding hydrogens is 561 g/mol. The highest BCUT2D eigenvalue weighted by atomic mass is 16.6. The van der Waals surface area contributed by atoms with E-state index in [9.17, 15) is 0 Å². The molecule has 0 amide bonds. The van der Waals surface area contributed by atoms with E-state index >= 15 is 0 Å². The second-order valence-electron chi connectivity index (χ2n) is 12.0. The molecule has 0 spiro atoms. The molecular formula is C42H26BNO2. The van der Waals surface area contributed by atoms with Crippen LogP contribution in [-0.2, 0) is 0 Å². The average molecular weight is 587 g/mol. The third-order valence-electron chi connectivity index (χ3n) is 9.46. The highest BCUT2D eigenvalue weighted by Crippen LogP contribution is 2.44. The third-order valence-corrected chi connectivity index (χ3v) is 9.46. The smallest absolute Gasteiger partial charge is 0.521 e. The lowest BCUT2D eigenvalue weighted by atomic mass is 9.66. The molecule has 4 heteroatoms. The van der Waals surface area contributed by atoms with Crippen molar-refractivity contribution < 1.29 is 9.31 Å². The standard InChI is InChI=1S/C42H26BNO2/c1-3-11-27(12-4-1)29-19-21-38-34(23-29)35-24-30(28-13-5-2-6-14-28)20-22-39(35)44(38)31-25-36-32-15-7-9-17-40(32)45-43-42(36)37(26-31)33-16-8-10-18-41(33)46-43/h1-26H. The van der Waals surface area contributed by atoms with Crippen LogP contribution in [0.2, 0.25) is 0 Å². The van der Waals surface area contributed by atoms with Gasteiger partial charge < -0.3 is 13.9 Å². The first kappa shape index (κ1) is 25.3. The van der Waals surface area contributed by atoms with Crippen molar-refractivity contribution >= 4 is 34.4 Å². The van der Waals surface area contributed by atoms with Crippen LogP contribution in [-0.4, -0.2) is 11.7 Å². The zero-order valence-electron chi connectivity index (χ0n) is 24.9. The van der Waals surface area contributed by atoms with Crippen molar-refractivity contribution in [1.29, 1.82) is 0 Å². The van der Waals surface area contributed by atoms with E-state index in [0.717, 1.165) is 44.9 Å². The number of aromatic nitrogens is 1. The van der Waals surface area contributed by atoms with Crippen LogP contribution in [0, 0.1) is 0 Å². The largest absolute Gasteiger partial charge is 0.633 e. The van der Waals surface area contributed by atoms with E-state index in [4.69, 9.17) is 9.31 Å². The second-order valence-corrected chi connectivity index (χ2v) is 12.0. The molecule has 2 aliphatic heterocycles. The molecule has 3 heterocycles. The molecule has 0 radical (unpaired) electrons. The van der Waals surface area contributed by atoms with Crippen LogP contribution < -0.4 is 14.8 Å². The minimum absolute atomic E-state index is 0.496. The van der Waals surface area contributed by atoms with Crippen LogP contribution >= 0.6 is 0 Å². The van der Waals surface area contributed by atoms with Crippen molar-refractivity contribution in [3.8, 4) is 61.7 Å². The van der Waals surface area contributed by atoms with Gasteiger partial charge in [-0.1, -0.05) is 109 Å². The minimum Gasteiger partial charge on any atom is -0.521 e. The summed E-state index contributed by atoms with van der Waals surface area (Å²) < 4.78 is 15.3. The van der Waals surface area contributed by atoms with Gasteiger partial charge in [-0.05, 0) is 81.9 Å². The summed E-state index contributed by atoms with van der Waals surface area (Å²) in [6.45, 7) is 0. The fourth-order valence-electron chi connectivity index (χ4n) is 7.34. The maximum absolute atomic E-state index is 6.45.